The van der Waals surface area contributed by atoms with Crippen LogP contribution < -0.4 is 14.4 Å². The molecule has 1 aliphatic heterocycles. The van der Waals surface area contributed by atoms with E-state index in [0.29, 0.717) is 6.04 Å². The molecule has 1 atom stereocenters. The minimum Gasteiger partial charge on any atom is -0.497 e. The Morgan fingerprint density at radius 2 is 1.42 bits per heavy atom. The minimum absolute atomic E-state index is 0.0181. The number of tetrazole rings is 1. The summed E-state index contributed by atoms with van der Waals surface area (Å²) in [7, 11) is 3.40. The summed E-state index contributed by atoms with van der Waals surface area (Å²) >= 11 is 0. The number of aromatic nitrogens is 4. The highest BCUT2D eigenvalue weighted by Gasteiger charge is 2.33. The van der Waals surface area contributed by atoms with Crippen molar-refractivity contribution in [1.82, 2.24) is 25.1 Å². The molecule has 8 heteroatoms. The highest BCUT2D eigenvalue weighted by Crippen LogP contribution is 2.35. The first kappa shape index (κ1) is 21.7. The molecule has 1 saturated heterocycles. The lowest BCUT2D eigenvalue weighted by Crippen LogP contribution is -2.48. The predicted molar refractivity (Wildman–Crippen MR) is 127 cm³/mol. The summed E-state index contributed by atoms with van der Waals surface area (Å²) in [4.78, 5) is 4.94. The molecule has 174 valence electrons. The molecule has 33 heavy (non-hydrogen) atoms. The fraction of sp³-hybridized carbons (Fsp3) is 0.480. The van der Waals surface area contributed by atoms with E-state index in [4.69, 9.17) is 9.47 Å². The standard InChI is InChI=1S/C25H32N6O2/c1-32-22-11-7-19(8-12-22)24(25-26-27-28-31(25)21-5-3-4-6-21)30-17-15-29(16-18-30)20-9-13-23(33-2)14-10-20/h7-14,21,24H,3-6,15-18H2,1-2H3/t24-/m1/s1. The van der Waals surface area contributed by atoms with Gasteiger partial charge in [-0.25, -0.2) is 4.68 Å². The molecule has 2 heterocycles. The van der Waals surface area contributed by atoms with Crippen molar-refractivity contribution < 1.29 is 9.47 Å². The zero-order valence-electron chi connectivity index (χ0n) is 19.4. The van der Waals surface area contributed by atoms with E-state index in [2.05, 4.69) is 54.3 Å². The van der Waals surface area contributed by atoms with Crippen molar-refractivity contribution in [2.45, 2.75) is 37.8 Å². The van der Waals surface area contributed by atoms with Gasteiger partial charge in [0, 0.05) is 31.9 Å². The van der Waals surface area contributed by atoms with E-state index in [9.17, 15) is 0 Å². The number of hydrogen-bond acceptors (Lipinski definition) is 7. The Morgan fingerprint density at radius 1 is 0.818 bits per heavy atom. The Labute approximate surface area is 195 Å². The summed E-state index contributed by atoms with van der Waals surface area (Å²) in [6.45, 7) is 3.76. The third kappa shape index (κ3) is 4.53. The van der Waals surface area contributed by atoms with Crippen molar-refractivity contribution in [2.75, 3.05) is 45.3 Å². The van der Waals surface area contributed by atoms with E-state index in [-0.39, 0.29) is 6.04 Å². The molecule has 1 aliphatic carbocycles. The van der Waals surface area contributed by atoms with Crippen molar-refractivity contribution in [3.8, 4) is 11.5 Å². The molecule has 0 bridgehead atoms. The van der Waals surface area contributed by atoms with Crippen LogP contribution in [0.3, 0.4) is 0 Å². The van der Waals surface area contributed by atoms with Gasteiger partial charge < -0.3 is 14.4 Å². The van der Waals surface area contributed by atoms with Crippen LogP contribution in [0.1, 0.15) is 49.2 Å². The van der Waals surface area contributed by atoms with Crippen LogP contribution in [0.4, 0.5) is 5.69 Å². The Bertz CT molecular complexity index is 1020. The molecular weight excluding hydrogens is 416 g/mol. The molecular formula is C25H32N6O2. The summed E-state index contributed by atoms with van der Waals surface area (Å²) in [5, 5.41) is 13.1. The second kappa shape index (κ2) is 9.79. The zero-order chi connectivity index (χ0) is 22.6. The number of rotatable bonds is 7. The fourth-order valence-electron chi connectivity index (χ4n) is 5.13. The lowest BCUT2D eigenvalue weighted by Gasteiger charge is -2.40. The van der Waals surface area contributed by atoms with Gasteiger partial charge in [-0.05, 0) is 65.2 Å². The molecule has 0 spiro atoms. The molecule has 1 aromatic heterocycles. The Hall–Kier alpha value is -3.13. The van der Waals surface area contributed by atoms with E-state index in [1.54, 1.807) is 14.2 Å². The van der Waals surface area contributed by atoms with Crippen LogP contribution in [0.25, 0.3) is 0 Å². The Morgan fingerprint density at radius 3 is 2.03 bits per heavy atom. The van der Waals surface area contributed by atoms with Crippen molar-refractivity contribution in [3.63, 3.8) is 0 Å². The van der Waals surface area contributed by atoms with Crippen LogP contribution in [0.15, 0.2) is 48.5 Å². The monoisotopic (exact) mass is 448 g/mol. The minimum atomic E-state index is 0.0181. The Kier molecular flexibility index (Phi) is 6.44. The molecule has 1 saturated carbocycles. The average Bonchev–Trinajstić information content (AvgIpc) is 3.58. The summed E-state index contributed by atoms with van der Waals surface area (Å²) in [6, 6.07) is 17.1. The first-order valence-electron chi connectivity index (χ1n) is 11.8. The second-order valence-corrected chi connectivity index (χ2v) is 8.82. The SMILES string of the molecule is COc1ccc([C@H](c2nnnn2C2CCCC2)N2CCN(c3ccc(OC)cc3)CC2)cc1. The third-order valence-electron chi connectivity index (χ3n) is 6.98. The molecule has 3 aromatic rings. The summed E-state index contributed by atoms with van der Waals surface area (Å²) in [5.41, 5.74) is 2.43. The van der Waals surface area contributed by atoms with Gasteiger partial charge in [-0.1, -0.05) is 25.0 Å². The topological polar surface area (TPSA) is 68.5 Å². The van der Waals surface area contributed by atoms with Crippen molar-refractivity contribution >= 4 is 5.69 Å². The summed E-state index contributed by atoms with van der Waals surface area (Å²) < 4.78 is 12.8. The highest BCUT2D eigenvalue weighted by molar-refractivity contribution is 5.49. The molecule has 2 aliphatic rings. The fourth-order valence-corrected chi connectivity index (χ4v) is 5.13. The lowest BCUT2D eigenvalue weighted by molar-refractivity contribution is 0.197. The van der Waals surface area contributed by atoms with Crippen LogP contribution in [0.5, 0.6) is 11.5 Å². The van der Waals surface area contributed by atoms with E-state index >= 15 is 0 Å². The first-order valence-corrected chi connectivity index (χ1v) is 11.8. The molecule has 0 N–H and O–H groups in total. The van der Waals surface area contributed by atoms with Gasteiger partial charge in [0.05, 0.1) is 26.3 Å². The highest BCUT2D eigenvalue weighted by atomic mass is 16.5. The number of hydrogen-bond donors (Lipinski definition) is 0. The first-order chi connectivity index (χ1) is 16.3. The van der Waals surface area contributed by atoms with Crippen LogP contribution in [-0.2, 0) is 0 Å². The van der Waals surface area contributed by atoms with Crippen molar-refractivity contribution in [3.05, 3.63) is 59.9 Å². The van der Waals surface area contributed by atoms with E-state index in [0.717, 1.165) is 56.3 Å². The van der Waals surface area contributed by atoms with Crippen LogP contribution in [0.2, 0.25) is 0 Å². The summed E-state index contributed by atoms with van der Waals surface area (Å²) in [6.07, 6.45) is 4.80. The maximum absolute atomic E-state index is 5.39. The molecule has 5 rings (SSSR count). The lowest BCUT2D eigenvalue weighted by atomic mass is 10.0. The number of anilines is 1. The number of piperazine rings is 1. The zero-order valence-corrected chi connectivity index (χ0v) is 19.4. The van der Waals surface area contributed by atoms with Gasteiger partial charge in [0.1, 0.15) is 11.5 Å². The van der Waals surface area contributed by atoms with Crippen LogP contribution >= 0.6 is 0 Å². The quantitative estimate of drug-likeness (QED) is 0.546. The molecule has 8 nitrogen and oxygen atoms in total. The Balaban J connectivity index is 1.40. The van der Waals surface area contributed by atoms with Crippen LogP contribution in [-0.4, -0.2) is 65.5 Å². The molecule has 2 fully saturated rings. The van der Waals surface area contributed by atoms with Crippen molar-refractivity contribution in [1.29, 1.82) is 0 Å². The third-order valence-corrected chi connectivity index (χ3v) is 6.98. The molecule has 2 aromatic carbocycles. The van der Waals surface area contributed by atoms with Gasteiger partial charge in [-0.2, -0.15) is 0 Å². The van der Waals surface area contributed by atoms with Crippen LogP contribution in [0, 0.1) is 0 Å². The van der Waals surface area contributed by atoms with Crippen molar-refractivity contribution in [2.24, 2.45) is 0 Å². The largest absolute Gasteiger partial charge is 0.497 e. The van der Waals surface area contributed by atoms with Gasteiger partial charge in [-0.15, -0.1) is 5.10 Å². The summed E-state index contributed by atoms with van der Waals surface area (Å²) in [5.74, 6) is 2.69. The van der Waals surface area contributed by atoms with E-state index < -0.39 is 0 Å². The number of ether oxygens (including phenoxy) is 2. The van der Waals surface area contributed by atoms with Gasteiger partial charge in [-0.3, -0.25) is 4.90 Å². The van der Waals surface area contributed by atoms with Gasteiger partial charge in [0.15, 0.2) is 5.82 Å². The van der Waals surface area contributed by atoms with E-state index in [1.807, 2.05) is 24.3 Å². The molecule has 0 unspecified atom stereocenters. The van der Waals surface area contributed by atoms with Gasteiger partial charge >= 0.3 is 0 Å². The normalized spacial score (nSPS) is 18.4. The van der Waals surface area contributed by atoms with E-state index in [1.165, 1.54) is 24.1 Å². The average molecular weight is 449 g/mol. The number of nitrogens with zero attached hydrogens (tertiary/aromatic N) is 6. The van der Waals surface area contributed by atoms with Gasteiger partial charge in [0.25, 0.3) is 0 Å². The smallest absolute Gasteiger partial charge is 0.173 e. The maximum atomic E-state index is 5.39. The predicted octanol–water partition coefficient (Wildman–Crippen LogP) is 3.72. The number of benzene rings is 2. The molecule has 0 radical (unpaired) electrons. The second-order valence-electron chi connectivity index (χ2n) is 8.82. The maximum Gasteiger partial charge on any atom is 0.173 e. The van der Waals surface area contributed by atoms with Gasteiger partial charge in [0.2, 0.25) is 0 Å². The number of methoxy groups -OCH3 is 2. The molecule has 0 amide bonds.